The summed E-state index contributed by atoms with van der Waals surface area (Å²) in [6.07, 6.45) is 1.94. The van der Waals surface area contributed by atoms with E-state index in [2.05, 4.69) is 37.7 Å². The van der Waals surface area contributed by atoms with Gasteiger partial charge in [-0.2, -0.15) is 0 Å². The van der Waals surface area contributed by atoms with Gasteiger partial charge < -0.3 is 10.6 Å². The lowest BCUT2D eigenvalue weighted by atomic mass is 9.96. The average molecular weight is 295 g/mol. The van der Waals surface area contributed by atoms with Gasteiger partial charge >= 0.3 is 0 Å². The summed E-state index contributed by atoms with van der Waals surface area (Å²) in [5, 5.41) is 0. The van der Waals surface area contributed by atoms with Gasteiger partial charge in [-0.25, -0.2) is 4.39 Å². The lowest BCUT2D eigenvalue weighted by Crippen LogP contribution is -2.43. The van der Waals surface area contributed by atoms with Gasteiger partial charge in [0.25, 0.3) is 0 Å². The molecule has 0 radical (unpaired) electrons. The molecule has 120 valence electrons. The van der Waals surface area contributed by atoms with Crippen molar-refractivity contribution in [2.75, 3.05) is 33.7 Å². The number of likely N-dealkylation sites (N-methyl/N-ethyl adjacent to an activating group) is 1. The van der Waals surface area contributed by atoms with E-state index in [4.69, 9.17) is 5.73 Å². The molecule has 0 saturated heterocycles. The summed E-state index contributed by atoms with van der Waals surface area (Å²) < 4.78 is 13.6. The largest absolute Gasteiger partial charge is 0.326 e. The van der Waals surface area contributed by atoms with E-state index in [-0.39, 0.29) is 17.9 Å². The third kappa shape index (κ3) is 5.73. The maximum Gasteiger partial charge on any atom is 0.123 e. The van der Waals surface area contributed by atoms with Crippen LogP contribution in [0.15, 0.2) is 24.3 Å². The van der Waals surface area contributed by atoms with Crippen LogP contribution in [0.3, 0.4) is 0 Å². The molecule has 1 rings (SSSR count). The molecule has 1 aromatic rings. The molecule has 21 heavy (non-hydrogen) atoms. The van der Waals surface area contributed by atoms with E-state index < -0.39 is 0 Å². The molecule has 2 unspecified atom stereocenters. The zero-order valence-corrected chi connectivity index (χ0v) is 13.8. The molecule has 0 fully saturated rings. The minimum absolute atomic E-state index is 0.0144. The van der Waals surface area contributed by atoms with Crippen molar-refractivity contribution in [1.82, 2.24) is 9.80 Å². The molecular weight excluding hydrogens is 265 g/mol. The normalized spacial score (nSPS) is 14.7. The molecule has 0 aromatic heterocycles. The fraction of sp³-hybridized carbons (Fsp3) is 0.647. The maximum absolute atomic E-state index is 13.6. The molecule has 2 N–H and O–H groups in total. The Bertz CT molecular complexity index is 409. The van der Waals surface area contributed by atoms with Crippen molar-refractivity contribution in [3.63, 3.8) is 0 Å². The number of hydrogen-bond donors (Lipinski definition) is 1. The second-order valence-electron chi connectivity index (χ2n) is 5.91. The highest BCUT2D eigenvalue weighted by Gasteiger charge is 2.25. The Morgan fingerprint density at radius 3 is 2.38 bits per heavy atom. The molecule has 0 aliphatic rings. The molecule has 0 heterocycles. The van der Waals surface area contributed by atoms with Crippen LogP contribution in [-0.4, -0.2) is 49.6 Å². The van der Waals surface area contributed by atoms with Gasteiger partial charge in [0.05, 0.1) is 6.04 Å². The molecule has 0 aliphatic heterocycles. The van der Waals surface area contributed by atoms with Crippen LogP contribution in [-0.2, 0) is 0 Å². The highest BCUT2D eigenvalue weighted by molar-refractivity contribution is 5.22. The van der Waals surface area contributed by atoms with Crippen molar-refractivity contribution >= 4 is 0 Å². The zero-order chi connectivity index (χ0) is 15.8. The topological polar surface area (TPSA) is 32.5 Å². The maximum atomic E-state index is 13.6. The van der Waals surface area contributed by atoms with E-state index in [1.54, 1.807) is 12.1 Å². The highest BCUT2D eigenvalue weighted by atomic mass is 19.1. The van der Waals surface area contributed by atoms with Crippen LogP contribution in [0.5, 0.6) is 0 Å². The van der Waals surface area contributed by atoms with E-state index in [9.17, 15) is 4.39 Å². The van der Waals surface area contributed by atoms with Crippen molar-refractivity contribution < 1.29 is 4.39 Å². The summed E-state index contributed by atoms with van der Waals surface area (Å²) >= 11 is 0. The zero-order valence-electron chi connectivity index (χ0n) is 13.8. The number of rotatable bonds is 9. The van der Waals surface area contributed by atoms with Crippen LogP contribution in [0.4, 0.5) is 4.39 Å². The van der Waals surface area contributed by atoms with Gasteiger partial charge in [0.1, 0.15) is 5.82 Å². The molecule has 0 aliphatic carbocycles. The molecule has 2 atom stereocenters. The van der Waals surface area contributed by atoms with Gasteiger partial charge in [0.2, 0.25) is 0 Å². The average Bonchev–Trinajstić information content (AvgIpc) is 2.44. The van der Waals surface area contributed by atoms with Crippen LogP contribution < -0.4 is 5.73 Å². The Labute approximate surface area is 128 Å². The van der Waals surface area contributed by atoms with Gasteiger partial charge in [0, 0.05) is 19.1 Å². The van der Waals surface area contributed by atoms with Crippen molar-refractivity contribution in [2.24, 2.45) is 5.73 Å². The van der Waals surface area contributed by atoms with Crippen LogP contribution in [0.2, 0.25) is 0 Å². The number of hydrogen-bond acceptors (Lipinski definition) is 3. The number of nitrogens with two attached hydrogens (primary N) is 1. The minimum atomic E-state index is -0.190. The smallest absolute Gasteiger partial charge is 0.123 e. The summed E-state index contributed by atoms with van der Waals surface area (Å²) in [5.41, 5.74) is 7.34. The Balaban J connectivity index is 3.01. The number of halogens is 1. The van der Waals surface area contributed by atoms with Crippen molar-refractivity contribution in [2.45, 2.75) is 38.8 Å². The standard InChI is InChI=1S/C17H30FN3/c1-5-10-21(12-11-20(3)4)17(16(19)6-2)14-8-7-9-15(18)13-14/h7-9,13,16-17H,5-6,10-12,19H2,1-4H3. The van der Waals surface area contributed by atoms with Gasteiger partial charge in [-0.15, -0.1) is 0 Å². The van der Waals surface area contributed by atoms with E-state index in [1.807, 2.05) is 6.07 Å². The first kappa shape index (κ1) is 18.1. The third-order valence-electron chi connectivity index (χ3n) is 3.81. The molecule has 4 heteroatoms. The van der Waals surface area contributed by atoms with Crippen molar-refractivity contribution in [3.8, 4) is 0 Å². The molecule has 0 bridgehead atoms. The van der Waals surface area contributed by atoms with Crippen LogP contribution in [0.25, 0.3) is 0 Å². The van der Waals surface area contributed by atoms with Crippen LogP contribution in [0.1, 0.15) is 38.3 Å². The Kier molecular flexibility index (Phi) is 7.86. The van der Waals surface area contributed by atoms with E-state index >= 15 is 0 Å². The first-order chi connectivity index (χ1) is 9.99. The summed E-state index contributed by atoms with van der Waals surface area (Å²) in [5.74, 6) is -0.190. The van der Waals surface area contributed by atoms with Gasteiger partial charge in [-0.05, 0) is 51.2 Å². The van der Waals surface area contributed by atoms with Gasteiger partial charge in [0.15, 0.2) is 0 Å². The summed E-state index contributed by atoms with van der Waals surface area (Å²) in [6, 6.07) is 6.96. The monoisotopic (exact) mass is 295 g/mol. The van der Waals surface area contributed by atoms with E-state index in [0.29, 0.717) is 0 Å². The predicted octanol–water partition coefficient (Wildman–Crippen LogP) is 2.88. The lowest BCUT2D eigenvalue weighted by Gasteiger charge is -2.36. The van der Waals surface area contributed by atoms with Crippen molar-refractivity contribution in [1.29, 1.82) is 0 Å². The first-order valence-electron chi connectivity index (χ1n) is 7.89. The molecule has 0 spiro atoms. The molecule has 0 amide bonds. The van der Waals surface area contributed by atoms with E-state index in [0.717, 1.165) is 38.0 Å². The van der Waals surface area contributed by atoms with Crippen molar-refractivity contribution in [3.05, 3.63) is 35.6 Å². The predicted molar refractivity (Wildman–Crippen MR) is 87.8 cm³/mol. The molecule has 1 aromatic carbocycles. The Hall–Kier alpha value is -0.970. The fourth-order valence-corrected chi connectivity index (χ4v) is 2.65. The Morgan fingerprint density at radius 2 is 1.86 bits per heavy atom. The van der Waals surface area contributed by atoms with Crippen LogP contribution >= 0.6 is 0 Å². The molecule has 0 saturated carbocycles. The SMILES string of the molecule is CCCN(CCN(C)C)C(c1cccc(F)c1)C(N)CC. The van der Waals surface area contributed by atoms with Crippen LogP contribution in [0, 0.1) is 5.82 Å². The minimum Gasteiger partial charge on any atom is -0.326 e. The second kappa shape index (κ2) is 9.13. The number of benzene rings is 1. The Morgan fingerprint density at radius 1 is 1.14 bits per heavy atom. The first-order valence-corrected chi connectivity index (χ1v) is 7.89. The molecular formula is C17H30FN3. The molecule has 3 nitrogen and oxygen atoms in total. The summed E-state index contributed by atoms with van der Waals surface area (Å²) in [7, 11) is 4.14. The summed E-state index contributed by atoms with van der Waals surface area (Å²) in [6.45, 7) is 7.15. The van der Waals surface area contributed by atoms with Gasteiger partial charge in [-0.1, -0.05) is 26.0 Å². The lowest BCUT2D eigenvalue weighted by molar-refractivity contribution is 0.154. The number of nitrogens with zero attached hydrogens (tertiary/aromatic N) is 2. The highest BCUT2D eigenvalue weighted by Crippen LogP contribution is 2.26. The summed E-state index contributed by atoms with van der Waals surface area (Å²) in [4.78, 5) is 4.56. The quantitative estimate of drug-likeness (QED) is 0.760. The van der Waals surface area contributed by atoms with Gasteiger partial charge in [-0.3, -0.25) is 4.90 Å². The second-order valence-corrected chi connectivity index (χ2v) is 5.91. The third-order valence-corrected chi connectivity index (χ3v) is 3.81. The fourth-order valence-electron chi connectivity index (χ4n) is 2.65. The van der Waals surface area contributed by atoms with E-state index in [1.165, 1.54) is 6.07 Å².